The lowest BCUT2D eigenvalue weighted by molar-refractivity contribution is -0.116. The van der Waals surface area contributed by atoms with E-state index in [4.69, 9.17) is 5.73 Å². The van der Waals surface area contributed by atoms with Gasteiger partial charge in [0.05, 0.1) is 17.9 Å². The van der Waals surface area contributed by atoms with Crippen molar-refractivity contribution >= 4 is 17.3 Å². The van der Waals surface area contributed by atoms with Gasteiger partial charge in [0.25, 0.3) is 11.1 Å². The smallest absolute Gasteiger partial charge is 0.265 e. The molecule has 0 bridgehead atoms. The molecular weight excluding hydrogens is 260 g/mol. The fraction of sp³-hybridized carbons (Fsp3) is 0.154. The first-order chi connectivity index (χ1) is 9.56. The number of rotatable bonds is 4. The number of carbonyl (C=O) groups excluding carboxylic acids is 1. The van der Waals surface area contributed by atoms with Crippen molar-refractivity contribution < 1.29 is 4.79 Å². The van der Waals surface area contributed by atoms with Gasteiger partial charge < -0.3 is 11.1 Å². The summed E-state index contributed by atoms with van der Waals surface area (Å²) in [6.45, 7) is 0.0908. The maximum atomic E-state index is 11.8. The minimum Gasteiger partial charge on any atom is -0.397 e. The Kier molecular flexibility index (Phi) is 3.99. The van der Waals surface area contributed by atoms with Crippen LogP contribution in [0, 0.1) is 0 Å². The summed E-state index contributed by atoms with van der Waals surface area (Å²) < 4.78 is 1.09. The Hall–Kier alpha value is -2.83. The molecule has 7 nitrogen and oxygen atoms in total. The minimum atomic E-state index is -0.391. The molecule has 0 atom stereocenters. The highest BCUT2D eigenvalue weighted by Crippen LogP contribution is 2.16. The summed E-state index contributed by atoms with van der Waals surface area (Å²) >= 11 is 0. The normalized spacial score (nSPS) is 10.2. The molecule has 20 heavy (non-hydrogen) atoms. The van der Waals surface area contributed by atoms with Crippen molar-refractivity contribution in [2.75, 3.05) is 11.1 Å². The number of carbonyl (C=O) groups is 1. The summed E-state index contributed by atoms with van der Waals surface area (Å²) in [7, 11) is 0. The van der Waals surface area contributed by atoms with Gasteiger partial charge in [-0.1, -0.05) is 12.1 Å². The Balaban J connectivity index is 1.99. The maximum absolute atomic E-state index is 11.8. The number of anilines is 2. The van der Waals surface area contributed by atoms with Crippen LogP contribution >= 0.6 is 0 Å². The lowest BCUT2D eigenvalue weighted by atomic mass is 10.2. The number of nitrogen functional groups attached to an aromatic ring is 1. The van der Waals surface area contributed by atoms with Crippen molar-refractivity contribution in [2.24, 2.45) is 0 Å². The number of aryl methyl sites for hydroxylation is 1. The Morgan fingerprint density at radius 3 is 2.70 bits per heavy atom. The number of aromatic nitrogens is 2. The first-order valence-electron chi connectivity index (χ1n) is 6.01. The molecule has 1 heterocycles. The summed E-state index contributed by atoms with van der Waals surface area (Å²) in [4.78, 5) is 34.3. The molecule has 2 aromatic rings. The molecular formula is C13H14N4O3. The number of hydrogen-bond donors (Lipinski definition) is 3. The Bertz CT molecular complexity index is 733. The van der Waals surface area contributed by atoms with E-state index in [1.165, 1.54) is 0 Å². The van der Waals surface area contributed by atoms with Crippen LogP contribution in [0.15, 0.2) is 46.0 Å². The maximum Gasteiger partial charge on any atom is 0.265 e. The number of aromatic amines is 1. The first-order valence-corrected chi connectivity index (χ1v) is 6.01. The van der Waals surface area contributed by atoms with E-state index in [1.807, 2.05) is 0 Å². The molecule has 104 valence electrons. The molecule has 1 aromatic carbocycles. The highest BCUT2D eigenvalue weighted by Gasteiger charge is 2.06. The van der Waals surface area contributed by atoms with Crippen LogP contribution in [-0.2, 0) is 11.3 Å². The molecule has 0 radical (unpaired) electrons. The zero-order valence-electron chi connectivity index (χ0n) is 10.6. The largest absolute Gasteiger partial charge is 0.397 e. The van der Waals surface area contributed by atoms with Gasteiger partial charge in [0, 0.05) is 18.6 Å². The van der Waals surface area contributed by atoms with Gasteiger partial charge in [0.2, 0.25) is 5.91 Å². The second-order valence-electron chi connectivity index (χ2n) is 4.18. The molecule has 7 heteroatoms. The number of para-hydroxylation sites is 2. The third-order valence-electron chi connectivity index (χ3n) is 2.69. The molecule has 0 aliphatic rings. The minimum absolute atomic E-state index is 0.0498. The van der Waals surface area contributed by atoms with Crippen molar-refractivity contribution in [1.82, 2.24) is 9.78 Å². The highest BCUT2D eigenvalue weighted by atomic mass is 16.2. The van der Waals surface area contributed by atoms with Gasteiger partial charge in [0.1, 0.15) is 0 Å². The van der Waals surface area contributed by atoms with E-state index in [0.29, 0.717) is 11.4 Å². The summed E-state index contributed by atoms with van der Waals surface area (Å²) in [5.74, 6) is -0.292. The van der Waals surface area contributed by atoms with Crippen LogP contribution in [0.25, 0.3) is 0 Å². The zero-order valence-corrected chi connectivity index (χ0v) is 10.6. The summed E-state index contributed by atoms with van der Waals surface area (Å²) in [5, 5.41) is 4.99. The number of nitrogens with zero attached hydrogens (tertiary/aromatic N) is 1. The van der Waals surface area contributed by atoms with E-state index in [-0.39, 0.29) is 24.4 Å². The van der Waals surface area contributed by atoms with Gasteiger partial charge in [0.15, 0.2) is 0 Å². The van der Waals surface area contributed by atoms with Crippen molar-refractivity contribution in [3.05, 3.63) is 57.1 Å². The second-order valence-corrected chi connectivity index (χ2v) is 4.18. The molecule has 0 fully saturated rings. The standard InChI is InChI=1S/C13H14N4O3/c14-9-3-1-2-4-10(9)15-11(18)7-8-17-13(20)6-5-12(19)16-17/h1-6H,7-8,14H2,(H,15,18)(H,16,19). The number of H-pyrrole nitrogens is 1. The fourth-order valence-corrected chi connectivity index (χ4v) is 1.67. The van der Waals surface area contributed by atoms with Crippen molar-refractivity contribution in [1.29, 1.82) is 0 Å². The third kappa shape index (κ3) is 3.35. The molecule has 0 spiro atoms. The third-order valence-corrected chi connectivity index (χ3v) is 2.69. The first kappa shape index (κ1) is 13.6. The molecule has 0 aliphatic heterocycles. The van der Waals surface area contributed by atoms with E-state index in [0.717, 1.165) is 16.8 Å². The zero-order chi connectivity index (χ0) is 14.5. The summed E-state index contributed by atoms with van der Waals surface area (Å²) in [5.41, 5.74) is 5.93. The number of benzene rings is 1. The lowest BCUT2D eigenvalue weighted by Gasteiger charge is -2.08. The Morgan fingerprint density at radius 2 is 1.95 bits per heavy atom. The molecule has 0 unspecified atom stereocenters. The van der Waals surface area contributed by atoms with Crippen LogP contribution < -0.4 is 22.2 Å². The van der Waals surface area contributed by atoms with Crippen molar-refractivity contribution in [2.45, 2.75) is 13.0 Å². The van der Waals surface area contributed by atoms with Crippen LogP contribution in [0.1, 0.15) is 6.42 Å². The molecule has 0 aliphatic carbocycles. The molecule has 1 aromatic heterocycles. The van der Waals surface area contributed by atoms with E-state index in [2.05, 4.69) is 10.4 Å². The van der Waals surface area contributed by atoms with Gasteiger partial charge in [-0.3, -0.25) is 19.5 Å². The molecule has 4 N–H and O–H groups in total. The molecule has 1 amide bonds. The van der Waals surface area contributed by atoms with Crippen molar-refractivity contribution in [3.8, 4) is 0 Å². The SMILES string of the molecule is Nc1ccccc1NC(=O)CCn1[nH]c(=O)ccc1=O. The van der Waals surface area contributed by atoms with Gasteiger partial charge in [-0.05, 0) is 12.1 Å². The predicted octanol–water partition coefficient (Wildman–Crippen LogP) is 0.148. The van der Waals surface area contributed by atoms with Crippen LogP contribution in [-0.4, -0.2) is 15.7 Å². The quantitative estimate of drug-likeness (QED) is 0.689. The van der Waals surface area contributed by atoms with Crippen LogP contribution in [0.5, 0.6) is 0 Å². The molecule has 2 rings (SSSR count). The van der Waals surface area contributed by atoms with Gasteiger partial charge in [-0.2, -0.15) is 0 Å². The van der Waals surface area contributed by atoms with Crippen molar-refractivity contribution in [3.63, 3.8) is 0 Å². The van der Waals surface area contributed by atoms with E-state index >= 15 is 0 Å². The molecule has 0 saturated carbocycles. The van der Waals surface area contributed by atoms with Crippen LogP contribution in [0.2, 0.25) is 0 Å². The van der Waals surface area contributed by atoms with E-state index in [9.17, 15) is 14.4 Å². The van der Waals surface area contributed by atoms with Gasteiger partial charge >= 0.3 is 0 Å². The predicted molar refractivity (Wildman–Crippen MR) is 75.4 cm³/mol. The second kappa shape index (κ2) is 5.87. The number of nitrogens with two attached hydrogens (primary N) is 1. The van der Waals surface area contributed by atoms with Gasteiger partial charge in [-0.15, -0.1) is 0 Å². The fourth-order valence-electron chi connectivity index (χ4n) is 1.67. The average molecular weight is 274 g/mol. The van der Waals surface area contributed by atoms with E-state index < -0.39 is 5.56 Å². The Labute approximate surface area is 114 Å². The molecule has 0 saturated heterocycles. The topological polar surface area (TPSA) is 110 Å². The summed E-state index contributed by atoms with van der Waals surface area (Å²) in [6.07, 6.45) is 0.0498. The van der Waals surface area contributed by atoms with Crippen LogP contribution in [0.4, 0.5) is 11.4 Å². The monoisotopic (exact) mass is 274 g/mol. The highest BCUT2D eigenvalue weighted by molar-refractivity contribution is 5.93. The van der Waals surface area contributed by atoms with Crippen LogP contribution in [0.3, 0.4) is 0 Å². The number of hydrogen-bond acceptors (Lipinski definition) is 4. The average Bonchev–Trinajstić information content (AvgIpc) is 2.42. The summed E-state index contributed by atoms with van der Waals surface area (Å²) in [6, 6.07) is 9.18. The lowest BCUT2D eigenvalue weighted by Crippen LogP contribution is -2.29. The van der Waals surface area contributed by atoms with E-state index in [1.54, 1.807) is 24.3 Å². The number of amides is 1. The Morgan fingerprint density at radius 1 is 1.20 bits per heavy atom. The van der Waals surface area contributed by atoms with Gasteiger partial charge in [-0.25, -0.2) is 4.68 Å². The number of nitrogens with one attached hydrogen (secondary N) is 2.